The molecule has 0 unspecified atom stereocenters. The highest BCUT2D eigenvalue weighted by atomic mass is 35.5. The zero-order chi connectivity index (χ0) is 17.7. The Kier molecular flexibility index (Phi) is 7.99. The van der Waals surface area contributed by atoms with Crippen LogP contribution in [-0.2, 0) is 4.79 Å². The number of nitrogens with zero attached hydrogens (tertiary/aromatic N) is 1. The number of nitrogens with two attached hydrogens (primary N) is 1. The van der Waals surface area contributed by atoms with Gasteiger partial charge in [0.05, 0.1) is 31.5 Å². The summed E-state index contributed by atoms with van der Waals surface area (Å²) in [5.74, 6) is 0.384. The van der Waals surface area contributed by atoms with E-state index in [4.69, 9.17) is 15.2 Å². The molecule has 0 radical (unpaired) electrons. The summed E-state index contributed by atoms with van der Waals surface area (Å²) in [4.78, 5) is 26.7. The van der Waals surface area contributed by atoms with Crippen LogP contribution in [0.25, 0.3) is 0 Å². The van der Waals surface area contributed by atoms with Gasteiger partial charge >= 0.3 is 0 Å². The first kappa shape index (κ1) is 21.1. The summed E-state index contributed by atoms with van der Waals surface area (Å²) in [6.45, 7) is 3.02. The van der Waals surface area contributed by atoms with Crippen LogP contribution in [0.3, 0.4) is 0 Å². The molecule has 1 saturated heterocycles. The molecule has 0 saturated carbocycles. The molecule has 2 amide bonds. The quantitative estimate of drug-likeness (QED) is 0.826. The van der Waals surface area contributed by atoms with Gasteiger partial charge in [-0.15, -0.1) is 12.4 Å². The Labute approximate surface area is 154 Å². The van der Waals surface area contributed by atoms with E-state index in [9.17, 15) is 9.59 Å². The Bertz CT molecular complexity index is 616. The van der Waals surface area contributed by atoms with Gasteiger partial charge in [-0.3, -0.25) is 9.59 Å². The molecule has 1 aliphatic rings. The molecule has 7 nitrogen and oxygen atoms in total. The average Bonchev–Trinajstić information content (AvgIpc) is 2.61. The van der Waals surface area contributed by atoms with Crippen molar-refractivity contribution in [3.63, 3.8) is 0 Å². The number of carbonyl (C=O) groups excluding carboxylic acids is 2. The maximum absolute atomic E-state index is 12.9. The highest BCUT2D eigenvalue weighted by Crippen LogP contribution is 2.34. The Hall–Kier alpha value is -1.99. The van der Waals surface area contributed by atoms with Crippen molar-refractivity contribution in [1.82, 2.24) is 4.90 Å². The molecule has 1 atom stereocenters. The van der Waals surface area contributed by atoms with E-state index >= 15 is 0 Å². The number of likely N-dealkylation sites (tertiary alicyclic amines) is 1. The van der Waals surface area contributed by atoms with Gasteiger partial charge in [0.1, 0.15) is 0 Å². The van der Waals surface area contributed by atoms with Crippen molar-refractivity contribution in [2.45, 2.75) is 32.2 Å². The third-order valence-corrected chi connectivity index (χ3v) is 4.07. The number of benzene rings is 1. The summed E-state index contributed by atoms with van der Waals surface area (Å²) < 4.78 is 10.6. The van der Waals surface area contributed by atoms with Crippen LogP contribution >= 0.6 is 12.4 Å². The summed E-state index contributed by atoms with van der Waals surface area (Å²) in [6.07, 6.45) is 3.10. The molecule has 0 aliphatic carbocycles. The highest BCUT2D eigenvalue weighted by Gasteiger charge is 2.24. The van der Waals surface area contributed by atoms with Crippen molar-refractivity contribution in [2.24, 2.45) is 5.73 Å². The number of hydrogen-bond donors (Lipinski definition) is 2. The molecule has 25 heavy (non-hydrogen) atoms. The van der Waals surface area contributed by atoms with Crippen molar-refractivity contribution in [2.75, 3.05) is 32.6 Å². The number of methoxy groups -OCH3 is 2. The Morgan fingerprint density at radius 2 is 1.68 bits per heavy atom. The van der Waals surface area contributed by atoms with Gasteiger partial charge in [-0.25, -0.2) is 0 Å². The molecule has 1 aromatic rings. The summed E-state index contributed by atoms with van der Waals surface area (Å²) in [5, 5.41) is 2.71. The Morgan fingerprint density at radius 3 is 2.20 bits per heavy atom. The topological polar surface area (TPSA) is 93.9 Å². The van der Waals surface area contributed by atoms with Crippen LogP contribution < -0.4 is 20.5 Å². The number of nitrogens with one attached hydrogen (secondary N) is 1. The van der Waals surface area contributed by atoms with Crippen molar-refractivity contribution in [3.8, 4) is 11.5 Å². The van der Waals surface area contributed by atoms with Crippen LogP contribution in [0, 0.1) is 0 Å². The van der Waals surface area contributed by atoms with Crippen molar-refractivity contribution in [1.29, 1.82) is 0 Å². The van der Waals surface area contributed by atoms with Gasteiger partial charge < -0.3 is 25.4 Å². The second-order valence-corrected chi connectivity index (χ2v) is 5.88. The molecule has 8 heteroatoms. The van der Waals surface area contributed by atoms with Gasteiger partial charge in [0.2, 0.25) is 5.91 Å². The number of amides is 2. The number of rotatable bonds is 5. The first-order valence-electron chi connectivity index (χ1n) is 8.09. The van der Waals surface area contributed by atoms with Gasteiger partial charge in [-0.2, -0.15) is 0 Å². The minimum atomic E-state index is -0.684. The third kappa shape index (κ3) is 4.99. The fourth-order valence-corrected chi connectivity index (χ4v) is 2.67. The second kappa shape index (κ2) is 9.48. The summed E-state index contributed by atoms with van der Waals surface area (Å²) in [5.41, 5.74) is 6.37. The van der Waals surface area contributed by atoms with E-state index in [0.717, 1.165) is 19.3 Å². The Morgan fingerprint density at radius 1 is 1.12 bits per heavy atom. The predicted molar refractivity (Wildman–Crippen MR) is 98.8 cm³/mol. The molecule has 3 N–H and O–H groups in total. The molecule has 1 heterocycles. The van der Waals surface area contributed by atoms with Crippen LogP contribution in [0.15, 0.2) is 12.1 Å². The number of anilines is 1. The maximum Gasteiger partial charge on any atom is 0.256 e. The number of piperidine rings is 1. The summed E-state index contributed by atoms with van der Waals surface area (Å²) >= 11 is 0. The predicted octanol–water partition coefficient (Wildman–Crippen LogP) is 2.04. The summed E-state index contributed by atoms with van der Waals surface area (Å²) in [6, 6.07) is 2.51. The number of ether oxygens (including phenoxy) is 2. The van der Waals surface area contributed by atoms with Crippen LogP contribution in [0.5, 0.6) is 11.5 Å². The lowest BCUT2D eigenvalue weighted by Crippen LogP contribution is -2.37. The van der Waals surface area contributed by atoms with Crippen molar-refractivity contribution >= 4 is 29.9 Å². The fourth-order valence-electron chi connectivity index (χ4n) is 2.67. The molecule has 140 valence electrons. The van der Waals surface area contributed by atoms with Crippen LogP contribution in [0.2, 0.25) is 0 Å². The second-order valence-electron chi connectivity index (χ2n) is 5.88. The normalized spacial score (nSPS) is 15.0. The zero-order valence-electron chi connectivity index (χ0n) is 14.8. The van der Waals surface area contributed by atoms with Crippen LogP contribution in [0.4, 0.5) is 5.69 Å². The average molecular weight is 372 g/mol. The lowest BCUT2D eigenvalue weighted by atomic mass is 10.1. The third-order valence-electron chi connectivity index (χ3n) is 4.07. The Balaban J connectivity index is 0.00000312. The highest BCUT2D eigenvalue weighted by molar-refractivity contribution is 6.05. The molecule has 0 aromatic heterocycles. The van der Waals surface area contributed by atoms with Gasteiger partial charge in [0, 0.05) is 19.2 Å². The van der Waals surface area contributed by atoms with Gasteiger partial charge in [-0.05, 0) is 32.3 Å². The molecular formula is C17H26ClN3O4. The number of hydrogen-bond acceptors (Lipinski definition) is 5. The van der Waals surface area contributed by atoms with E-state index in [2.05, 4.69) is 5.32 Å². The van der Waals surface area contributed by atoms with E-state index in [1.807, 2.05) is 0 Å². The lowest BCUT2D eigenvalue weighted by Gasteiger charge is -2.28. The maximum atomic E-state index is 12.9. The van der Waals surface area contributed by atoms with E-state index in [-0.39, 0.29) is 24.2 Å². The zero-order valence-corrected chi connectivity index (χ0v) is 15.6. The molecular weight excluding hydrogens is 346 g/mol. The minimum absolute atomic E-state index is 0. The molecule has 0 spiro atoms. The monoisotopic (exact) mass is 371 g/mol. The van der Waals surface area contributed by atoms with E-state index in [1.165, 1.54) is 14.2 Å². The van der Waals surface area contributed by atoms with Gasteiger partial charge in [0.15, 0.2) is 11.5 Å². The first-order valence-corrected chi connectivity index (χ1v) is 8.09. The van der Waals surface area contributed by atoms with Crippen molar-refractivity contribution in [3.05, 3.63) is 17.7 Å². The van der Waals surface area contributed by atoms with Crippen LogP contribution in [0.1, 0.15) is 36.5 Å². The smallest absolute Gasteiger partial charge is 0.256 e. The largest absolute Gasteiger partial charge is 0.493 e. The first-order chi connectivity index (χ1) is 11.5. The lowest BCUT2D eigenvalue weighted by molar-refractivity contribution is -0.117. The van der Waals surface area contributed by atoms with Crippen molar-refractivity contribution < 1.29 is 19.1 Å². The molecule has 1 fully saturated rings. The molecule has 2 rings (SSSR count). The van der Waals surface area contributed by atoms with E-state index in [1.54, 1.807) is 24.0 Å². The molecule has 1 aliphatic heterocycles. The van der Waals surface area contributed by atoms with E-state index in [0.29, 0.717) is 35.8 Å². The SMILES string of the molecule is COc1cc(NC(=O)[C@H](C)N)c(C(=O)N2CCCCC2)cc1OC.Cl. The summed E-state index contributed by atoms with van der Waals surface area (Å²) in [7, 11) is 3.01. The standard InChI is InChI=1S/C17H25N3O4.ClH/c1-11(18)16(21)19-13-10-15(24-3)14(23-2)9-12(13)17(22)20-7-5-4-6-8-20;/h9-11H,4-8,18H2,1-3H3,(H,19,21);1H/t11-;/m0./s1. The molecule has 1 aromatic carbocycles. The van der Waals surface area contributed by atoms with Gasteiger partial charge in [0.25, 0.3) is 5.91 Å². The number of carbonyl (C=O) groups is 2. The van der Waals surface area contributed by atoms with Gasteiger partial charge in [-0.1, -0.05) is 0 Å². The minimum Gasteiger partial charge on any atom is -0.493 e. The molecule has 0 bridgehead atoms. The van der Waals surface area contributed by atoms with E-state index < -0.39 is 6.04 Å². The number of halogens is 1. The fraction of sp³-hybridized carbons (Fsp3) is 0.529. The van der Waals surface area contributed by atoms with Crippen LogP contribution in [-0.4, -0.2) is 50.1 Å².